The van der Waals surface area contributed by atoms with E-state index in [9.17, 15) is 4.79 Å². The molecule has 0 aliphatic carbocycles. The van der Waals surface area contributed by atoms with E-state index in [4.69, 9.17) is 19.5 Å². The highest BCUT2D eigenvalue weighted by Crippen LogP contribution is 2.33. The lowest BCUT2D eigenvalue weighted by atomic mass is 10.2. The van der Waals surface area contributed by atoms with E-state index in [0.29, 0.717) is 17.2 Å². The molecule has 1 aromatic rings. The molecule has 1 unspecified atom stereocenters. The van der Waals surface area contributed by atoms with Gasteiger partial charge in [0.05, 0.1) is 32.5 Å². The second-order valence-electron chi connectivity index (χ2n) is 3.97. The highest BCUT2D eigenvalue weighted by molar-refractivity contribution is 5.96. The van der Waals surface area contributed by atoms with Crippen LogP contribution in [0.5, 0.6) is 11.5 Å². The van der Waals surface area contributed by atoms with Crippen molar-refractivity contribution in [1.82, 2.24) is 0 Å². The number of ether oxygens (including phenoxy) is 3. The molecular formula is C13H14N2O4. The van der Waals surface area contributed by atoms with Crippen LogP contribution in [0.15, 0.2) is 18.2 Å². The number of carbonyl (C=O) groups is 1. The number of methoxy groups -OCH3 is 2. The summed E-state index contributed by atoms with van der Waals surface area (Å²) in [6.07, 6.45) is -0.631. The first kappa shape index (κ1) is 13.2. The molecule has 1 saturated heterocycles. The van der Waals surface area contributed by atoms with Crippen molar-refractivity contribution >= 4 is 11.6 Å². The third kappa shape index (κ3) is 2.61. The van der Waals surface area contributed by atoms with Crippen LogP contribution in [-0.2, 0) is 9.53 Å². The van der Waals surface area contributed by atoms with Crippen molar-refractivity contribution in [3.63, 3.8) is 0 Å². The predicted octanol–water partition coefficient (Wildman–Crippen LogP) is 0.959. The third-order valence-electron chi connectivity index (χ3n) is 2.88. The van der Waals surface area contributed by atoms with Gasteiger partial charge in [-0.25, -0.2) is 0 Å². The minimum Gasteiger partial charge on any atom is -0.497 e. The highest BCUT2D eigenvalue weighted by Gasteiger charge is 2.29. The molecular weight excluding hydrogens is 248 g/mol. The molecule has 0 bridgehead atoms. The molecule has 6 heteroatoms. The van der Waals surface area contributed by atoms with Crippen molar-refractivity contribution in [3.05, 3.63) is 18.2 Å². The minimum absolute atomic E-state index is 0.113. The molecule has 1 heterocycles. The zero-order valence-electron chi connectivity index (χ0n) is 10.8. The minimum atomic E-state index is -0.631. The normalized spacial score (nSPS) is 18.9. The molecule has 1 aliphatic heterocycles. The van der Waals surface area contributed by atoms with Gasteiger partial charge in [-0.2, -0.15) is 5.26 Å². The van der Waals surface area contributed by atoms with Crippen LogP contribution in [0.3, 0.4) is 0 Å². The van der Waals surface area contributed by atoms with E-state index in [1.807, 2.05) is 6.07 Å². The van der Waals surface area contributed by atoms with Gasteiger partial charge >= 0.3 is 0 Å². The molecule has 0 spiro atoms. The zero-order valence-corrected chi connectivity index (χ0v) is 10.8. The first-order valence-electron chi connectivity index (χ1n) is 5.73. The quantitative estimate of drug-likeness (QED) is 0.811. The summed E-state index contributed by atoms with van der Waals surface area (Å²) in [7, 11) is 3.07. The van der Waals surface area contributed by atoms with Crippen molar-refractivity contribution in [1.29, 1.82) is 5.26 Å². The van der Waals surface area contributed by atoms with Crippen LogP contribution >= 0.6 is 0 Å². The third-order valence-corrected chi connectivity index (χ3v) is 2.88. The van der Waals surface area contributed by atoms with Gasteiger partial charge in [0, 0.05) is 6.07 Å². The van der Waals surface area contributed by atoms with Gasteiger partial charge in [0.25, 0.3) is 5.91 Å². The molecule has 1 aliphatic rings. The Morgan fingerprint density at radius 3 is 2.84 bits per heavy atom. The maximum atomic E-state index is 11.9. The Labute approximate surface area is 111 Å². The molecule has 2 rings (SSSR count). The van der Waals surface area contributed by atoms with Crippen molar-refractivity contribution in [2.75, 3.05) is 32.3 Å². The summed E-state index contributed by atoms with van der Waals surface area (Å²) in [6.45, 7) is 0.0669. The summed E-state index contributed by atoms with van der Waals surface area (Å²) < 4.78 is 15.5. The van der Waals surface area contributed by atoms with Gasteiger partial charge in [0.2, 0.25) is 0 Å². The first-order chi connectivity index (χ1) is 9.19. The maximum Gasteiger partial charge on any atom is 0.253 e. The number of rotatable bonds is 3. The number of morpholine rings is 1. The molecule has 1 atom stereocenters. The van der Waals surface area contributed by atoms with Crippen molar-refractivity contribution in [2.45, 2.75) is 6.10 Å². The molecule has 0 saturated carbocycles. The second-order valence-corrected chi connectivity index (χ2v) is 3.97. The number of amides is 1. The molecule has 1 amide bonds. The van der Waals surface area contributed by atoms with Crippen LogP contribution in [0.4, 0.5) is 5.69 Å². The zero-order chi connectivity index (χ0) is 13.8. The van der Waals surface area contributed by atoms with Crippen molar-refractivity contribution < 1.29 is 19.0 Å². The highest BCUT2D eigenvalue weighted by atomic mass is 16.5. The fraction of sp³-hybridized carbons (Fsp3) is 0.385. The molecule has 0 radical (unpaired) electrons. The maximum absolute atomic E-state index is 11.9. The average molecular weight is 262 g/mol. The van der Waals surface area contributed by atoms with Crippen LogP contribution in [0, 0.1) is 11.3 Å². The standard InChI is InChI=1S/C13H14N2O4/c1-17-9-3-4-12(18-2)11(5-9)15-7-10(6-14)19-8-13(15)16/h3-5,10H,7-8H2,1-2H3. The van der Waals surface area contributed by atoms with Crippen LogP contribution in [0.25, 0.3) is 0 Å². The Bertz CT molecular complexity index is 524. The monoisotopic (exact) mass is 262 g/mol. The van der Waals surface area contributed by atoms with Gasteiger partial charge in [0.15, 0.2) is 6.10 Å². The molecule has 100 valence electrons. The number of hydrogen-bond acceptors (Lipinski definition) is 5. The number of nitrogens with zero attached hydrogens (tertiary/aromatic N) is 2. The Morgan fingerprint density at radius 2 is 2.21 bits per heavy atom. The van der Waals surface area contributed by atoms with Crippen molar-refractivity contribution in [2.24, 2.45) is 0 Å². The van der Waals surface area contributed by atoms with Crippen LogP contribution in [-0.4, -0.2) is 39.4 Å². The molecule has 1 fully saturated rings. The Hall–Kier alpha value is -2.26. The Morgan fingerprint density at radius 1 is 1.42 bits per heavy atom. The molecule has 0 aromatic heterocycles. The summed E-state index contributed by atoms with van der Waals surface area (Å²) in [5, 5.41) is 8.90. The van der Waals surface area contributed by atoms with Gasteiger partial charge in [-0.15, -0.1) is 0 Å². The molecule has 0 N–H and O–H groups in total. The van der Waals surface area contributed by atoms with E-state index in [1.54, 1.807) is 25.3 Å². The number of nitriles is 1. The van der Waals surface area contributed by atoms with Crippen LogP contribution in [0.1, 0.15) is 0 Å². The largest absolute Gasteiger partial charge is 0.497 e. The van der Waals surface area contributed by atoms with E-state index in [-0.39, 0.29) is 19.1 Å². The van der Waals surface area contributed by atoms with E-state index in [0.717, 1.165) is 0 Å². The lowest BCUT2D eigenvalue weighted by Crippen LogP contribution is -2.46. The lowest BCUT2D eigenvalue weighted by Gasteiger charge is -2.30. The van der Waals surface area contributed by atoms with Gasteiger partial charge < -0.3 is 19.1 Å². The summed E-state index contributed by atoms with van der Waals surface area (Å²) >= 11 is 0. The van der Waals surface area contributed by atoms with Crippen molar-refractivity contribution in [3.8, 4) is 17.6 Å². The number of benzene rings is 1. The Kier molecular flexibility index (Phi) is 3.88. The topological polar surface area (TPSA) is 71.8 Å². The van der Waals surface area contributed by atoms with Gasteiger partial charge in [-0.05, 0) is 12.1 Å². The molecule has 6 nitrogen and oxygen atoms in total. The van der Waals surface area contributed by atoms with E-state index >= 15 is 0 Å². The molecule has 19 heavy (non-hydrogen) atoms. The lowest BCUT2D eigenvalue weighted by molar-refractivity contribution is -0.127. The summed E-state index contributed by atoms with van der Waals surface area (Å²) in [5.41, 5.74) is 0.579. The fourth-order valence-electron chi connectivity index (χ4n) is 1.89. The number of carbonyl (C=O) groups excluding carboxylic acids is 1. The fourth-order valence-corrected chi connectivity index (χ4v) is 1.89. The van der Waals surface area contributed by atoms with E-state index < -0.39 is 6.10 Å². The van der Waals surface area contributed by atoms with Crippen LogP contribution < -0.4 is 14.4 Å². The number of hydrogen-bond donors (Lipinski definition) is 0. The second kappa shape index (κ2) is 5.59. The summed E-state index contributed by atoms with van der Waals surface area (Å²) in [6, 6.07) is 7.17. The van der Waals surface area contributed by atoms with E-state index in [2.05, 4.69) is 0 Å². The summed E-state index contributed by atoms with van der Waals surface area (Å²) in [5.74, 6) is 0.953. The SMILES string of the molecule is COc1ccc(OC)c(N2CC(C#N)OCC2=O)c1. The number of anilines is 1. The summed E-state index contributed by atoms with van der Waals surface area (Å²) in [4.78, 5) is 13.4. The van der Waals surface area contributed by atoms with E-state index in [1.165, 1.54) is 12.0 Å². The van der Waals surface area contributed by atoms with Gasteiger partial charge in [-0.3, -0.25) is 4.79 Å². The van der Waals surface area contributed by atoms with Gasteiger partial charge in [0.1, 0.15) is 18.1 Å². The smallest absolute Gasteiger partial charge is 0.253 e. The van der Waals surface area contributed by atoms with Gasteiger partial charge in [-0.1, -0.05) is 0 Å². The predicted molar refractivity (Wildman–Crippen MR) is 67.3 cm³/mol. The average Bonchev–Trinajstić information content (AvgIpc) is 2.47. The first-order valence-corrected chi connectivity index (χ1v) is 5.73. The van der Waals surface area contributed by atoms with Crippen LogP contribution in [0.2, 0.25) is 0 Å². The molecule has 1 aromatic carbocycles. The Balaban J connectivity index is 2.38.